The SMILES string of the molecule is Cc1cccc([C@@H](N)CS(C)(=O)=O)c1. The summed E-state index contributed by atoms with van der Waals surface area (Å²) < 4.78 is 22.0. The van der Waals surface area contributed by atoms with Gasteiger partial charge in [-0.3, -0.25) is 0 Å². The maximum Gasteiger partial charge on any atom is 0.149 e. The van der Waals surface area contributed by atoms with Crippen LogP contribution in [0.1, 0.15) is 17.2 Å². The molecule has 0 aromatic heterocycles. The van der Waals surface area contributed by atoms with Crippen molar-refractivity contribution in [3.63, 3.8) is 0 Å². The number of hydrogen-bond donors (Lipinski definition) is 1. The number of aryl methyl sites for hydroxylation is 1. The molecular formula is C10H15NO2S. The molecule has 0 saturated carbocycles. The summed E-state index contributed by atoms with van der Waals surface area (Å²) in [7, 11) is -3.01. The molecule has 1 aromatic carbocycles. The molecular weight excluding hydrogens is 198 g/mol. The zero-order chi connectivity index (χ0) is 10.8. The first kappa shape index (κ1) is 11.2. The predicted molar refractivity (Wildman–Crippen MR) is 57.8 cm³/mol. The molecule has 0 heterocycles. The lowest BCUT2D eigenvalue weighted by Crippen LogP contribution is -2.20. The highest BCUT2D eigenvalue weighted by atomic mass is 32.2. The lowest BCUT2D eigenvalue weighted by molar-refractivity contribution is 0.594. The topological polar surface area (TPSA) is 60.2 Å². The van der Waals surface area contributed by atoms with Crippen molar-refractivity contribution in [2.75, 3.05) is 12.0 Å². The Morgan fingerprint density at radius 3 is 2.57 bits per heavy atom. The minimum absolute atomic E-state index is 0.00352. The summed E-state index contributed by atoms with van der Waals surface area (Å²) in [4.78, 5) is 0. The van der Waals surface area contributed by atoms with Gasteiger partial charge in [-0.2, -0.15) is 0 Å². The van der Waals surface area contributed by atoms with E-state index in [1.165, 1.54) is 6.26 Å². The van der Waals surface area contributed by atoms with Crippen LogP contribution in [0, 0.1) is 6.92 Å². The number of nitrogens with two attached hydrogens (primary N) is 1. The van der Waals surface area contributed by atoms with Crippen LogP contribution in [-0.2, 0) is 9.84 Å². The molecule has 0 aliphatic heterocycles. The lowest BCUT2D eigenvalue weighted by Gasteiger charge is -2.10. The first-order chi connectivity index (χ1) is 6.38. The van der Waals surface area contributed by atoms with Gasteiger partial charge in [-0.1, -0.05) is 29.8 Å². The second kappa shape index (κ2) is 4.11. The molecule has 0 bridgehead atoms. The molecule has 0 spiro atoms. The van der Waals surface area contributed by atoms with Crippen molar-refractivity contribution in [2.45, 2.75) is 13.0 Å². The number of sulfone groups is 1. The van der Waals surface area contributed by atoms with Crippen LogP contribution in [0.15, 0.2) is 24.3 Å². The van der Waals surface area contributed by atoms with E-state index in [9.17, 15) is 8.42 Å². The van der Waals surface area contributed by atoms with Gasteiger partial charge in [-0.25, -0.2) is 8.42 Å². The Balaban J connectivity index is 2.85. The second-order valence-corrected chi connectivity index (χ2v) is 5.80. The maximum atomic E-state index is 11.0. The number of hydrogen-bond acceptors (Lipinski definition) is 3. The Morgan fingerprint density at radius 1 is 1.43 bits per heavy atom. The Morgan fingerprint density at radius 2 is 2.07 bits per heavy atom. The highest BCUT2D eigenvalue weighted by Crippen LogP contribution is 2.13. The van der Waals surface area contributed by atoms with Crippen LogP contribution in [0.25, 0.3) is 0 Å². The minimum Gasteiger partial charge on any atom is -0.323 e. The Kier molecular flexibility index (Phi) is 3.29. The van der Waals surface area contributed by atoms with Crippen LogP contribution in [0.5, 0.6) is 0 Å². The van der Waals surface area contributed by atoms with E-state index in [1.807, 2.05) is 31.2 Å². The Hall–Kier alpha value is -0.870. The van der Waals surface area contributed by atoms with Crippen molar-refractivity contribution in [1.29, 1.82) is 0 Å². The molecule has 0 unspecified atom stereocenters. The molecule has 2 N–H and O–H groups in total. The molecule has 1 aromatic rings. The summed E-state index contributed by atoms with van der Waals surface area (Å²) >= 11 is 0. The highest BCUT2D eigenvalue weighted by molar-refractivity contribution is 7.90. The van der Waals surface area contributed by atoms with Crippen molar-refractivity contribution < 1.29 is 8.42 Å². The second-order valence-electron chi connectivity index (χ2n) is 3.61. The summed E-state index contributed by atoms with van der Waals surface area (Å²) in [6.07, 6.45) is 1.20. The van der Waals surface area contributed by atoms with Crippen LogP contribution in [-0.4, -0.2) is 20.4 Å². The Bertz CT molecular complexity index is 412. The molecule has 3 nitrogen and oxygen atoms in total. The summed E-state index contributed by atoms with van der Waals surface area (Å²) in [5.41, 5.74) is 7.73. The fourth-order valence-corrected chi connectivity index (χ4v) is 2.17. The van der Waals surface area contributed by atoms with Crippen molar-refractivity contribution in [1.82, 2.24) is 0 Å². The zero-order valence-electron chi connectivity index (χ0n) is 8.40. The molecule has 78 valence electrons. The lowest BCUT2D eigenvalue weighted by atomic mass is 10.1. The monoisotopic (exact) mass is 213 g/mol. The molecule has 0 aliphatic carbocycles. The Labute approximate surface area is 84.9 Å². The first-order valence-electron chi connectivity index (χ1n) is 4.38. The molecule has 1 atom stereocenters. The largest absolute Gasteiger partial charge is 0.323 e. The van der Waals surface area contributed by atoms with E-state index in [4.69, 9.17) is 5.73 Å². The van der Waals surface area contributed by atoms with Crippen molar-refractivity contribution in [3.05, 3.63) is 35.4 Å². The van der Waals surface area contributed by atoms with Crippen molar-refractivity contribution in [3.8, 4) is 0 Å². The van der Waals surface area contributed by atoms with E-state index >= 15 is 0 Å². The highest BCUT2D eigenvalue weighted by Gasteiger charge is 2.12. The predicted octanol–water partition coefficient (Wildman–Crippen LogP) is 1.04. The number of rotatable bonds is 3. The minimum atomic E-state index is -3.01. The van der Waals surface area contributed by atoms with E-state index in [1.54, 1.807) is 0 Å². The fraction of sp³-hybridized carbons (Fsp3) is 0.400. The summed E-state index contributed by atoms with van der Waals surface area (Å²) in [5.74, 6) is -0.00352. The molecule has 1 rings (SSSR count). The van der Waals surface area contributed by atoms with Gasteiger partial charge in [0.15, 0.2) is 0 Å². The third kappa shape index (κ3) is 3.47. The van der Waals surface area contributed by atoms with Gasteiger partial charge in [0.05, 0.1) is 5.75 Å². The first-order valence-corrected chi connectivity index (χ1v) is 6.44. The van der Waals surface area contributed by atoms with Gasteiger partial charge >= 0.3 is 0 Å². The quantitative estimate of drug-likeness (QED) is 0.816. The number of benzene rings is 1. The van der Waals surface area contributed by atoms with E-state index in [-0.39, 0.29) is 5.75 Å². The standard InChI is InChI=1S/C10H15NO2S/c1-8-4-3-5-9(6-8)10(11)7-14(2,12)13/h3-6,10H,7,11H2,1-2H3/t10-/m0/s1. The molecule has 0 fully saturated rings. The average Bonchev–Trinajstić information content (AvgIpc) is 2.01. The molecule has 0 radical (unpaired) electrons. The molecule has 14 heavy (non-hydrogen) atoms. The average molecular weight is 213 g/mol. The van der Waals surface area contributed by atoms with E-state index < -0.39 is 15.9 Å². The summed E-state index contributed by atoms with van der Waals surface area (Å²) in [5, 5.41) is 0. The molecule has 4 heteroatoms. The van der Waals surface area contributed by atoms with Gasteiger partial charge in [0, 0.05) is 12.3 Å². The molecule has 0 amide bonds. The van der Waals surface area contributed by atoms with Crippen LogP contribution >= 0.6 is 0 Å². The van der Waals surface area contributed by atoms with Gasteiger partial charge in [0.25, 0.3) is 0 Å². The summed E-state index contributed by atoms with van der Waals surface area (Å²) in [6, 6.07) is 7.17. The molecule has 0 saturated heterocycles. The van der Waals surface area contributed by atoms with Gasteiger partial charge in [-0.15, -0.1) is 0 Å². The molecule has 0 aliphatic rings. The van der Waals surface area contributed by atoms with Gasteiger partial charge < -0.3 is 5.73 Å². The van der Waals surface area contributed by atoms with Gasteiger partial charge in [0.1, 0.15) is 9.84 Å². The van der Waals surface area contributed by atoms with Gasteiger partial charge in [-0.05, 0) is 12.5 Å². The smallest absolute Gasteiger partial charge is 0.149 e. The van der Waals surface area contributed by atoms with Crippen LogP contribution in [0.4, 0.5) is 0 Å². The van der Waals surface area contributed by atoms with Crippen LogP contribution < -0.4 is 5.73 Å². The normalized spacial score (nSPS) is 13.9. The third-order valence-corrected chi connectivity index (χ3v) is 2.92. The van der Waals surface area contributed by atoms with E-state index in [0.717, 1.165) is 11.1 Å². The third-order valence-electron chi connectivity index (χ3n) is 1.95. The van der Waals surface area contributed by atoms with Crippen LogP contribution in [0.3, 0.4) is 0 Å². The van der Waals surface area contributed by atoms with E-state index in [2.05, 4.69) is 0 Å². The van der Waals surface area contributed by atoms with Crippen molar-refractivity contribution in [2.24, 2.45) is 5.73 Å². The van der Waals surface area contributed by atoms with Crippen LogP contribution in [0.2, 0.25) is 0 Å². The van der Waals surface area contributed by atoms with E-state index in [0.29, 0.717) is 0 Å². The fourth-order valence-electron chi connectivity index (χ4n) is 1.32. The van der Waals surface area contributed by atoms with Crippen molar-refractivity contribution >= 4 is 9.84 Å². The maximum absolute atomic E-state index is 11.0. The summed E-state index contributed by atoms with van der Waals surface area (Å²) in [6.45, 7) is 1.96. The zero-order valence-corrected chi connectivity index (χ0v) is 9.21. The van der Waals surface area contributed by atoms with Gasteiger partial charge in [0.2, 0.25) is 0 Å².